The zero-order chi connectivity index (χ0) is 14.0. The average molecular weight is 260 g/mol. The topological polar surface area (TPSA) is 34.0 Å². The van der Waals surface area contributed by atoms with E-state index in [0.29, 0.717) is 5.56 Å². The van der Waals surface area contributed by atoms with E-state index in [4.69, 9.17) is 0 Å². The first-order valence-corrected chi connectivity index (χ1v) is 6.16. The van der Waals surface area contributed by atoms with Crippen LogP contribution in [0.15, 0.2) is 41.3 Å². The van der Waals surface area contributed by atoms with Gasteiger partial charge in [-0.3, -0.25) is 4.79 Å². The number of nitrogens with one attached hydrogen (secondary N) is 1. The molecule has 2 rings (SSSR count). The van der Waals surface area contributed by atoms with Crippen molar-refractivity contribution in [2.45, 2.75) is 19.9 Å². The number of aryl methyl sites for hydroxylation is 2. The van der Waals surface area contributed by atoms with Crippen LogP contribution >= 0.6 is 0 Å². The highest BCUT2D eigenvalue weighted by atomic mass is 19.1. The number of halogens is 1. The summed E-state index contributed by atoms with van der Waals surface area (Å²) >= 11 is 0. The van der Waals surface area contributed by atoms with E-state index >= 15 is 0 Å². The summed E-state index contributed by atoms with van der Waals surface area (Å²) in [6.07, 6.45) is 1.73. The number of pyridine rings is 1. The molecule has 0 amide bonds. The van der Waals surface area contributed by atoms with Gasteiger partial charge in [0.15, 0.2) is 0 Å². The number of benzene rings is 1. The van der Waals surface area contributed by atoms with Gasteiger partial charge < -0.3 is 9.88 Å². The first-order valence-electron chi connectivity index (χ1n) is 6.16. The molecule has 1 aromatic carbocycles. The Kier molecular flexibility index (Phi) is 3.69. The van der Waals surface area contributed by atoms with Crippen molar-refractivity contribution in [3.05, 3.63) is 63.8 Å². The molecule has 100 valence electrons. The van der Waals surface area contributed by atoms with Crippen molar-refractivity contribution in [2.24, 2.45) is 7.05 Å². The van der Waals surface area contributed by atoms with E-state index in [1.807, 2.05) is 13.0 Å². The maximum absolute atomic E-state index is 13.5. The molecule has 0 spiro atoms. The van der Waals surface area contributed by atoms with E-state index in [2.05, 4.69) is 5.32 Å². The lowest BCUT2D eigenvalue weighted by Crippen LogP contribution is -2.16. The second-order valence-electron chi connectivity index (χ2n) is 4.74. The molecule has 2 aromatic rings. The van der Waals surface area contributed by atoms with E-state index in [1.54, 1.807) is 32.3 Å². The normalized spacial score (nSPS) is 12.2. The molecule has 0 bridgehead atoms. The zero-order valence-electron chi connectivity index (χ0n) is 11.3. The molecule has 0 aliphatic rings. The molecule has 0 aliphatic heterocycles. The van der Waals surface area contributed by atoms with Crippen LogP contribution in [0.5, 0.6) is 0 Å². The van der Waals surface area contributed by atoms with Crippen LogP contribution in [0.1, 0.15) is 24.1 Å². The lowest BCUT2D eigenvalue weighted by Gasteiger charge is -2.16. The molecule has 1 heterocycles. The largest absolute Gasteiger partial charge is 0.377 e. The van der Waals surface area contributed by atoms with Gasteiger partial charge >= 0.3 is 0 Å². The van der Waals surface area contributed by atoms with Crippen LogP contribution in [0.2, 0.25) is 0 Å². The van der Waals surface area contributed by atoms with Crippen molar-refractivity contribution in [1.82, 2.24) is 4.57 Å². The highest BCUT2D eigenvalue weighted by molar-refractivity contribution is 5.43. The van der Waals surface area contributed by atoms with Crippen molar-refractivity contribution in [2.75, 3.05) is 5.32 Å². The van der Waals surface area contributed by atoms with Crippen LogP contribution < -0.4 is 10.9 Å². The van der Waals surface area contributed by atoms with Gasteiger partial charge in [-0.1, -0.05) is 12.1 Å². The highest BCUT2D eigenvalue weighted by Crippen LogP contribution is 2.20. The Bertz CT molecular complexity index is 649. The lowest BCUT2D eigenvalue weighted by atomic mass is 10.1. The predicted octanol–water partition coefficient (Wildman–Crippen LogP) is 3.01. The Balaban J connectivity index is 2.20. The maximum Gasteiger partial charge on any atom is 0.250 e. The molecular formula is C15H17FN2O. The van der Waals surface area contributed by atoms with Gasteiger partial charge in [0.2, 0.25) is 5.56 Å². The Morgan fingerprint density at radius 3 is 2.63 bits per heavy atom. The Morgan fingerprint density at radius 1 is 1.26 bits per heavy atom. The first kappa shape index (κ1) is 13.3. The van der Waals surface area contributed by atoms with E-state index < -0.39 is 0 Å². The van der Waals surface area contributed by atoms with Gasteiger partial charge in [0.25, 0.3) is 0 Å². The Hall–Kier alpha value is -2.10. The van der Waals surface area contributed by atoms with Crippen molar-refractivity contribution < 1.29 is 4.39 Å². The minimum Gasteiger partial charge on any atom is -0.377 e. The third-order valence-electron chi connectivity index (χ3n) is 3.16. The minimum absolute atomic E-state index is 0.0346. The zero-order valence-corrected chi connectivity index (χ0v) is 11.3. The molecule has 1 N–H and O–H groups in total. The number of anilines is 1. The van der Waals surface area contributed by atoms with Gasteiger partial charge in [-0.25, -0.2) is 4.39 Å². The summed E-state index contributed by atoms with van der Waals surface area (Å²) < 4.78 is 15.0. The van der Waals surface area contributed by atoms with Crippen LogP contribution in [0.4, 0.5) is 10.1 Å². The van der Waals surface area contributed by atoms with Crippen molar-refractivity contribution in [3.8, 4) is 0 Å². The minimum atomic E-state index is -0.202. The van der Waals surface area contributed by atoms with E-state index in [0.717, 1.165) is 11.3 Å². The monoisotopic (exact) mass is 260 g/mol. The molecule has 1 unspecified atom stereocenters. The highest BCUT2D eigenvalue weighted by Gasteiger charge is 2.08. The summed E-state index contributed by atoms with van der Waals surface area (Å²) in [6.45, 7) is 3.69. The molecule has 4 heteroatoms. The molecule has 0 aliphatic carbocycles. The SMILES string of the molecule is Cc1ccc(C(C)Nc2ccc(=O)n(C)c2)cc1F. The van der Waals surface area contributed by atoms with E-state index in [1.165, 1.54) is 16.7 Å². The molecule has 0 saturated carbocycles. The molecule has 3 nitrogen and oxygen atoms in total. The molecule has 1 atom stereocenters. The van der Waals surface area contributed by atoms with Crippen molar-refractivity contribution in [1.29, 1.82) is 0 Å². The van der Waals surface area contributed by atoms with Gasteiger partial charge in [0.05, 0.1) is 5.69 Å². The first-order chi connectivity index (χ1) is 8.97. The fourth-order valence-corrected chi connectivity index (χ4v) is 1.89. The summed E-state index contributed by atoms with van der Waals surface area (Å²) in [4.78, 5) is 11.3. The standard InChI is InChI=1S/C15H17FN2O/c1-10-4-5-12(8-14(10)16)11(2)17-13-6-7-15(19)18(3)9-13/h4-9,11,17H,1-3H3. The third-order valence-corrected chi connectivity index (χ3v) is 3.16. The second kappa shape index (κ2) is 5.26. The number of nitrogens with zero attached hydrogens (tertiary/aromatic N) is 1. The number of hydrogen-bond acceptors (Lipinski definition) is 2. The van der Waals surface area contributed by atoms with Gasteiger partial charge in [-0.15, -0.1) is 0 Å². The molecule has 1 aromatic heterocycles. The van der Waals surface area contributed by atoms with E-state index in [9.17, 15) is 9.18 Å². The number of hydrogen-bond donors (Lipinski definition) is 1. The van der Waals surface area contributed by atoms with Crippen molar-refractivity contribution in [3.63, 3.8) is 0 Å². The van der Waals surface area contributed by atoms with Crippen LogP contribution in [0.25, 0.3) is 0 Å². The molecule has 19 heavy (non-hydrogen) atoms. The summed E-state index contributed by atoms with van der Waals surface area (Å²) in [6, 6.07) is 8.40. The summed E-state index contributed by atoms with van der Waals surface area (Å²) in [5.41, 5.74) is 2.28. The van der Waals surface area contributed by atoms with Gasteiger partial charge in [0, 0.05) is 25.4 Å². The number of aromatic nitrogens is 1. The molecular weight excluding hydrogens is 243 g/mol. The third kappa shape index (κ3) is 3.02. The van der Waals surface area contributed by atoms with Gasteiger partial charge in [-0.2, -0.15) is 0 Å². The Morgan fingerprint density at radius 2 is 2.00 bits per heavy atom. The molecule has 0 saturated heterocycles. The molecule has 0 fully saturated rings. The summed E-state index contributed by atoms with van der Waals surface area (Å²) in [7, 11) is 1.70. The fraction of sp³-hybridized carbons (Fsp3) is 0.267. The predicted molar refractivity (Wildman–Crippen MR) is 74.9 cm³/mol. The summed E-state index contributed by atoms with van der Waals surface area (Å²) in [5.74, 6) is -0.202. The van der Waals surface area contributed by atoms with E-state index in [-0.39, 0.29) is 17.4 Å². The van der Waals surface area contributed by atoms with Crippen LogP contribution in [0, 0.1) is 12.7 Å². The van der Waals surface area contributed by atoms with Crippen LogP contribution in [-0.2, 0) is 7.05 Å². The second-order valence-corrected chi connectivity index (χ2v) is 4.74. The quantitative estimate of drug-likeness (QED) is 0.920. The molecule has 0 radical (unpaired) electrons. The Labute approximate surface area is 111 Å². The summed E-state index contributed by atoms with van der Waals surface area (Å²) in [5, 5.41) is 3.25. The van der Waals surface area contributed by atoms with Crippen LogP contribution in [0.3, 0.4) is 0 Å². The van der Waals surface area contributed by atoms with Gasteiger partial charge in [0.1, 0.15) is 5.82 Å². The van der Waals surface area contributed by atoms with Gasteiger partial charge in [-0.05, 0) is 37.1 Å². The maximum atomic E-state index is 13.5. The smallest absolute Gasteiger partial charge is 0.250 e. The van der Waals surface area contributed by atoms with Crippen LogP contribution in [-0.4, -0.2) is 4.57 Å². The number of rotatable bonds is 3. The average Bonchev–Trinajstić information content (AvgIpc) is 2.37. The van der Waals surface area contributed by atoms with Crippen molar-refractivity contribution >= 4 is 5.69 Å². The fourth-order valence-electron chi connectivity index (χ4n) is 1.89. The lowest BCUT2D eigenvalue weighted by molar-refractivity contribution is 0.614.